The van der Waals surface area contributed by atoms with Crippen LogP contribution in [0.3, 0.4) is 0 Å². The molecule has 0 radical (unpaired) electrons. The Hall–Kier alpha value is -2.35. The fourth-order valence-corrected chi connectivity index (χ4v) is 3.11. The molecule has 2 rings (SSSR count). The highest BCUT2D eigenvalue weighted by atomic mass is 32.2. The van der Waals surface area contributed by atoms with Gasteiger partial charge in [-0.15, -0.1) is 0 Å². The first-order valence-corrected chi connectivity index (χ1v) is 8.17. The lowest BCUT2D eigenvalue weighted by molar-refractivity contribution is 0.0951. The van der Waals surface area contributed by atoms with Crippen LogP contribution in [0.5, 0.6) is 0 Å². The highest BCUT2D eigenvalue weighted by molar-refractivity contribution is 7.91. The SMILES string of the molecule is O=C(NCCS(=O)(=O)c1ccccc1F)c1cc(F)ccc1F. The van der Waals surface area contributed by atoms with Crippen LogP contribution in [0.1, 0.15) is 10.4 Å². The Balaban J connectivity index is 2.03. The second-order valence-corrected chi connectivity index (χ2v) is 6.71. The van der Waals surface area contributed by atoms with E-state index in [1.165, 1.54) is 12.1 Å². The van der Waals surface area contributed by atoms with Crippen molar-refractivity contribution in [2.24, 2.45) is 0 Å². The number of hydrogen-bond donors (Lipinski definition) is 1. The average Bonchev–Trinajstić information content (AvgIpc) is 2.49. The van der Waals surface area contributed by atoms with Crippen LogP contribution in [0, 0.1) is 17.5 Å². The molecule has 0 aliphatic carbocycles. The maximum Gasteiger partial charge on any atom is 0.254 e. The molecule has 23 heavy (non-hydrogen) atoms. The summed E-state index contributed by atoms with van der Waals surface area (Å²) in [5.41, 5.74) is -0.534. The zero-order valence-electron chi connectivity index (χ0n) is 11.7. The molecule has 0 aromatic heterocycles. The summed E-state index contributed by atoms with van der Waals surface area (Å²) in [5, 5.41) is 2.17. The lowest BCUT2D eigenvalue weighted by Crippen LogP contribution is -2.30. The molecule has 0 heterocycles. The third kappa shape index (κ3) is 4.10. The second-order valence-electron chi connectivity index (χ2n) is 4.63. The van der Waals surface area contributed by atoms with Gasteiger partial charge in [-0.3, -0.25) is 4.79 Å². The van der Waals surface area contributed by atoms with E-state index in [1.807, 2.05) is 0 Å². The first-order valence-electron chi connectivity index (χ1n) is 6.52. The van der Waals surface area contributed by atoms with Gasteiger partial charge in [0.2, 0.25) is 0 Å². The number of hydrogen-bond acceptors (Lipinski definition) is 3. The van der Waals surface area contributed by atoms with Gasteiger partial charge < -0.3 is 5.32 Å². The molecule has 2 aromatic carbocycles. The van der Waals surface area contributed by atoms with E-state index in [0.717, 1.165) is 24.3 Å². The summed E-state index contributed by atoms with van der Waals surface area (Å²) >= 11 is 0. The van der Waals surface area contributed by atoms with Crippen molar-refractivity contribution in [2.45, 2.75) is 4.90 Å². The molecule has 0 saturated carbocycles. The monoisotopic (exact) mass is 343 g/mol. The molecule has 1 N–H and O–H groups in total. The molecule has 122 valence electrons. The zero-order valence-corrected chi connectivity index (χ0v) is 12.5. The molecule has 0 saturated heterocycles. The van der Waals surface area contributed by atoms with Crippen LogP contribution in [0.25, 0.3) is 0 Å². The Kier molecular flexibility index (Phi) is 5.05. The van der Waals surface area contributed by atoms with Crippen LogP contribution in [-0.4, -0.2) is 26.6 Å². The summed E-state index contributed by atoms with van der Waals surface area (Å²) in [4.78, 5) is 11.2. The predicted octanol–water partition coefficient (Wildman–Crippen LogP) is 2.31. The van der Waals surface area contributed by atoms with Gasteiger partial charge in [0, 0.05) is 6.54 Å². The number of sulfone groups is 1. The van der Waals surface area contributed by atoms with E-state index in [2.05, 4.69) is 5.32 Å². The van der Waals surface area contributed by atoms with Crippen molar-refractivity contribution in [3.8, 4) is 0 Å². The average molecular weight is 343 g/mol. The van der Waals surface area contributed by atoms with Crippen molar-refractivity contribution in [2.75, 3.05) is 12.3 Å². The molecule has 0 unspecified atom stereocenters. The summed E-state index contributed by atoms with van der Waals surface area (Å²) in [5.74, 6) is -4.14. The Labute approximate surface area is 130 Å². The molecule has 0 spiro atoms. The number of amides is 1. The van der Waals surface area contributed by atoms with Gasteiger partial charge in [-0.2, -0.15) is 0 Å². The van der Waals surface area contributed by atoms with Crippen LogP contribution in [0.4, 0.5) is 13.2 Å². The maximum atomic E-state index is 13.5. The number of carbonyl (C=O) groups is 1. The van der Waals surface area contributed by atoms with E-state index in [9.17, 15) is 26.4 Å². The standard InChI is InChI=1S/C15H12F3NO3S/c16-10-5-6-12(17)11(9-10)15(20)19-7-8-23(21,22)14-4-2-1-3-13(14)18/h1-6,9H,7-8H2,(H,19,20). The summed E-state index contributed by atoms with van der Waals surface area (Å²) < 4.78 is 63.8. The minimum absolute atomic E-state index is 0.370. The molecule has 0 aliphatic heterocycles. The third-order valence-corrected chi connectivity index (χ3v) is 4.74. The molecular weight excluding hydrogens is 331 g/mol. The Bertz CT molecular complexity index is 838. The number of nitrogens with one attached hydrogen (secondary N) is 1. The number of benzene rings is 2. The summed E-state index contributed by atoms with van der Waals surface area (Å²) in [6.07, 6.45) is 0. The van der Waals surface area contributed by atoms with Gasteiger partial charge in [0.15, 0.2) is 9.84 Å². The van der Waals surface area contributed by atoms with E-state index in [-0.39, 0.29) is 6.54 Å². The van der Waals surface area contributed by atoms with E-state index in [0.29, 0.717) is 6.07 Å². The highest BCUT2D eigenvalue weighted by Crippen LogP contribution is 2.15. The van der Waals surface area contributed by atoms with Crippen LogP contribution >= 0.6 is 0 Å². The van der Waals surface area contributed by atoms with E-state index in [1.54, 1.807) is 0 Å². The molecule has 8 heteroatoms. The molecule has 0 fully saturated rings. The number of rotatable bonds is 5. The number of carbonyl (C=O) groups excluding carboxylic acids is 1. The van der Waals surface area contributed by atoms with Crippen LogP contribution < -0.4 is 5.32 Å². The third-order valence-electron chi connectivity index (χ3n) is 3.00. The van der Waals surface area contributed by atoms with E-state index in [4.69, 9.17) is 0 Å². The van der Waals surface area contributed by atoms with Crippen molar-refractivity contribution in [3.63, 3.8) is 0 Å². The minimum Gasteiger partial charge on any atom is -0.351 e. The maximum absolute atomic E-state index is 13.5. The largest absolute Gasteiger partial charge is 0.351 e. The van der Waals surface area contributed by atoms with Gasteiger partial charge in [0.05, 0.1) is 11.3 Å². The molecule has 1 amide bonds. The Morgan fingerprint density at radius 1 is 1.00 bits per heavy atom. The van der Waals surface area contributed by atoms with Gasteiger partial charge in [-0.1, -0.05) is 12.1 Å². The van der Waals surface area contributed by atoms with Crippen LogP contribution in [-0.2, 0) is 9.84 Å². The highest BCUT2D eigenvalue weighted by Gasteiger charge is 2.19. The smallest absolute Gasteiger partial charge is 0.254 e. The van der Waals surface area contributed by atoms with Gasteiger partial charge in [-0.25, -0.2) is 21.6 Å². The molecule has 0 aliphatic rings. The lowest BCUT2D eigenvalue weighted by atomic mass is 10.2. The fraction of sp³-hybridized carbons (Fsp3) is 0.133. The van der Waals surface area contributed by atoms with E-state index < -0.39 is 49.4 Å². The first-order chi connectivity index (χ1) is 10.8. The van der Waals surface area contributed by atoms with Gasteiger partial charge in [0.25, 0.3) is 5.91 Å². The Morgan fingerprint density at radius 2 is 1.70 bits per heavy atom. The molecule has 4 nitrogen and oxygen atoms in total. The second kappa shape index (κ2) is 6.82. The molecule has 0 atom stereocenters. The van der Waals surface area contributed by atoms with Crippen molar-refractivity contribution < 1.29 is 26.4 Å². The molecule has 2 aromatic rings. The summed E-state index contributed by atoms with van der Waals surface area (Å²) in [6, 6.07) is 7.19. The van der Waals surface area contributed by atoms with Crippen LogP contribution in [0.2, 0.25) is 0 Å². The fourth-order valence-electron chi connectivity index (χ4n) is 1.87. The van der Waals surface area contributed by atoms with E-state index >= 15 is 0 Å². The van der Waals surface area contributed by atoms with Gasteiger partial charge in [-0.05, 0) is 30.3 Å². The zero-order chi connectivity index (χ0) is 17.0. The topological polar surface area (TPSA) is 63.2 Å². The summed E-state index contributed by atoms with van der Waals surface area (Å²) in [6.45, 7) is -0.370. The van der Waals surface area contributed by atoms with Crippen molar-refractivity contribution >= 4 is 15.7 Å². The molecular formula is C15H12F3NO3S. The number of halogens is 3. The normalized spacial score (nSPS) is 11.3. The minimum atomic E-state index is -3.94. The lowest BCUT2D eigenvalue weighted by Gasteiger charge is -2.08. The first kappa shape index (κ1) is 17.0. The van der Waals surface area contributed by atoms with Crippen LogP contribution in [0.15, 0.2) is 47.4 Å². The van der Waals surface area contributed by atoms with Gasteiger partial charge in [0.1, 0.15) is 22.3 Å². The van der Waals surface area contributed by atoms with Crippen molar-refractivity contribution in [1.29, 1.82) is 0 Å². The quantitative estimate of drug-likeness (QED) is 0.906. The van der Waals surface area contributed by atoms with Crippen molar-refractivity contribution in [3.05, 3.63) is 65.5 Å². The summed E-state index contributed by atoms with van der Waals surface area (Å²) in [7, 11) is -3.94. The predicted molar refractivity (Wildman–Crippen MR) is 77.1 cm³/mol. The van der Waals surface area contributed by atoms with Gasteiger partial charge >= 0.3 is 0 Å². The molecule has 0 bridgehead atoms. The van der Waals surface area contributed by atoms with Crippen molar-refractivity contribution in [1.82, 2.24) is 5.32 Å². The Morgan fingerprint density at radius 3 is 2.39 bits per heavy atom.